The monoisotopic (exact) mass is 326 g/mol. The lowest BCUT2D eigenvalue weighted by Gasteiger charge is -2.30. The van der Waals surface area contributed by atoms with Gasteiger partial charge >= 0.3 is 12.1 Å². The molecule has 0 saturated heterocycles. The summed E-state index contributed by atoms with van der Waals surface area (Å²) in [4.78, 5) is 25.7. The van der Waals surface area contributed by atoms with Crippen molar-refractivity contribution >= 4 is 23.4 Å². The molecule has 2 aromatic rings. The molecule has 0 fully saturated rings. The fourth-order valence-electron chi connectivity index (χ4n) is 2.56. The van der Waals surface area contributed by atoms with Crippen molar-refractivity contribution in [3.8, 4) is 0 Å². The van der Waals surface area contributed by atoms with Crippen LogP contribution in [0.5, 0.6) is 0 Å². The Kier molecular flexibility index (Phi) is 4.65. The summed E-state index contributed by atoms with van der Waals surface area (Å²) in [6.45, 7) is 1.28. The number of esters is 1. The third kappa shape index (κ3) is 3.32. The van der Waals surface area contributed by atoms with Crippen molar-refractivity contribution < 1.29 is 19.1 Å². The molecule has 0 saturated carbocycles. The molecule has 6 nitrogen and oxygen atoms in total. The lowest BCUT2D eigenvalue weighted by molar-refractivity contribution is 0.0600. The maximum atomic E-state index is 12.4. The first-order valence-corrected chi connectivity index (χ1v) is 7.63. The molecule has 1 N–H and O–H groups in total. The van der Waals surface area contributed by atoms with E-state index in [1.807, 2.05) is 30.3 Å². The second-order valence-corrected chi connectivity index (χ2v) is 5.34. The Balaban J connectivity index is 1.77. The molecule has 0 bridgehead atoms. The average molecular weight is 326 g/mol. The number of carbonyl (C=O) groups excluding carboxylic acids is 2. The van der Waals surface area contributed by atoms with Crippen LogP contribution in [0.4, 0.5) is 16.2 Å². The molecule has 3 rings (SSSR count). The van der Waals surface area contributed by atoms with Crippen LogP contribution in [-0.4, -0.2) is 32.3 Å². The second-order valence-electron chi connectivity index (χ2n) is 5.34. The number of methoxy groups -OCH3 is 1. The summed E-state index contributed by atoms with van der Waals surface area (Å²) in [6, 6.07) is 14.6. The van der Waals surface area contributed by atoms with E-state index < -0.39 is 12.1 Å². The molecule has 0 atom stereocenters. The van der Waals surface area contributed by atoms with Gasteiger partial charge < -0.3 is 14.8 Å². The smallest absolute Gasteiger partial charge is 0.414 e. The lowest BCUT2D eigenvalue weighted by Crippen LogP contribution is -2.39. The normalized spacial score (nSPS) is 12.8. The molecule has 124 valence electrons. The molecule has 0 aromatic heterocycles. The molecule has 1 heterocycles. The minimum atomic E-state index is -0.444. The summed E-state index contributed by atoms with van der Waals surface area (Å²) in [5.41, 5.74) is 2.71. The molecule has 0 spiro atoms. The Morgan fingerprint density at radius 3 is 2.71 bits per heavy atom. The standard InChI is InChI=1S/C18H18N2O4/c1-23-17(21)14-7-8-15-16(11-14)20(10-9-19-15)18(22)24-12-13-5-3-2-4-6-13/h2-8,11,19H,9-10,12H2,1H3. The number of fused-ring (bicyclic) bond motifs is 1. The minimum Gasteiger partial charge on any atom is -0.465 e. The van der Waals surface area contributed by atoms with Gasteiger partial charge in [0.05, 0.1) is 24.0 Å². The van der Waals surface area contributed by atoms with Gasteiger partial charge in [-0.15, -0.1) is 0 Å². The van der Waals surface area contributed by atoms with Crippen LogP contribution >= 0.6 is 0 Å². The van der Waals surface area contributed by atoms with Gasteiger partial charge in [0.1, 0.15) is 6.61 Å². The van der Waals surface area contributed by atoms with Crippen LogP contribution in [0.15, 0.2) is 48.5 Å². The Labute approximate surface area is 140 Å². The average Bonchev–Trinajstić information content (AvgIpc) is 2.65. The fraction of sp³-hybridized carbons (Fsp3) is 0.222. The van der Waals surface area contributed by atoms with E-state index >= 15 is 0 Å². The number of hydrogen-bond acceptors (Lipinski definition) is 5. The Morgan fingerprint density at radius 2 is 1.96 bits per heavy atom. The van der Waals surface area contributed by atoms with Crippen LogP contribution in [0.25, 0.3) is 0 Å². The van der Waals surface area contributed by atoms with E-state index in [4.69, 9.17) is 9.47 Å². The van der Waals surface area contributed by atoms with Crippen LogP contribution < -0.4 is 10.2 Å². The van der Waals surface area contributed by atoms with E-state index in [0.717, 1.165) is 11.3 Å². The van der Waals surface area contributed by atoms with Crippen molar-refractivity contribution in [2.45, 2.75) is 6.61 Å². The summed E-state index contributed by atoms with van der Waals surface area (Å²) >= 11 is 0. The number of nitrogens with one attached hydrogen (secondary N) is 1. The maximum absolute atomic E-state index is 12.4. The number of nitrogens with zero attached hydrogens (tertiary/aromatic N) is 1. The number of amides is 1. The first-order chi connectivity index (χ1) is 11.7. The van der Waals surface area contributed by atoms with E-state index in [-0.39, 0.29) is 6.61 Å². The van der Waals surface area contributed by atoms with Crippen molar-refractivity contribution in [1.82, 2.24) is 0 Å². The first-order valence-electron chi connectivity index (χ1n) is 7.63. The molecular weight excluding hydrogens is 308 g/mol. The number of anilines is 2. The zero-order chi connectivity index (χ0) is 16.9. The highest BCUT2D eigenvalue weighted by Gasteiger charge is 2.25. The Hall–Kier alpha value is -3.02. The van der Waals surface area contributed by atoms with Crippen LogP contribution in [0.1, 0.15) is 15.9 Å². The predicted molar refractivity (Wildman–Crippen MR) is 90.2 cm³/mol. The van der Waals surface area contributed by atoms with Crippen molar-refractivity contribution in [1.29, 1.82) is 0 Å². The summed E-state index contributed by atoms with van der Waals surface area (Å²) in [7, 11) is 1.33. The van der Waals surface area contributed by atoms with E-state index in [9.17, 15) is 9.59 Å². The summed E-state index contributed by atoms with van der Waals surface area (Å²) in [6.07, 6.45) is -0.441. The van der Waals surface area contributed by atoms with E-state index in [1.54, 1.807) is 18.2 Å². The third-order valence-electron chi connectivity index (χ3n) is 3.79. The molecule has 24 heavy (non-hydrogen) atoms. The van der Waals surface area contributed by atoms with E-state index in [1.165, 1.54) is 12.0 Å². The van der Waals surface area contributed by atoms with Gasteiger partial charge in [-0.05, 0) is 23.8 Å². The first kappa shape index (κ1) is 15.9. The van der Waals surface area contributed by atoms with E-state index in [2.05, 4.69) is 5.32 Å². The van der Waals surface area contributed by atoms with Crippen molar-refractivity contribution in [3.05, 3.63) is 59.7 Å². The van der Waals surface area contributed by atoms with Crippen LogP contribution in [0.2, 0.25) is 0 Å². The number of ether oxygens (including phenoxy) is 2. The SMILES string of the molecule is COC(=O)c1ccc2c(c1)N(C(=O)OCc1ccccc1)CCN2. The minimum absolute atomic E-state index is 0.204. The van der Waals surface area contributed by atoms with E-state index in [0.29, 0.717) is 24.3 Å². The third-order valence-corrected chi connectivity index (χ3v) is 3.79. The van der Waals surface area contributed by atoms with Gasteiger partial charge in [0.2, 0.25) is 0 Å². The summed E-state index contributed by atoms with van der Waals surface area (Å²) < 4.78 is 10.1. The Morgan fingerprint density at radius 1 is 1.17 bits per heavy atom. The van der Waals surface area contributed by atoms with Gasteiger partial charge in [-0.2, -0.15) is 0 Å². The van der Waals surface area contributed by atoms with Crippen molar-refractivity contribution in [2.75, 3.05) is 30.4 Å². The molecule has 0 unspecified atom stereocenters. The lowest BCUT2D eigenvalue weighted by atomic mass is 10.1. The molecular formula is C18H18N2O4. The fourth-order valence-corrected chi connectivity index (χ4v) is 2.56. The largest absolute Gasteiger partial charge is 0.465 e. The highest BCUT2D eigenvalue weighted by atomic mass is 16.6. The van der Waals surface area contributed by atoms with Gasteiger partial charge in [0.15, 0.2) is 0 Å². The summed E-state index contributed by atoms with van der Waals surface area (Å²) in [5, 5.41) is 3.20. The number of hydrogen-bond donors (Lipinski definition) is 1. The van der Waals surface area contributed by atoms with Crippen LogP contribution in [0.3, 0.4) is 0 Å². The maximum Gasteiger partial charge on any atom is 0.414 e. The number of carbonyl (C=O) groups is 2. The molecule has 6 heteroatoms. The number of rotatable bonds is 3. The molecule has 0 radical (unpaired) electrons. The second kappa shape index (κ2) is 7.04. The van der Waals surface area contributed by atoms with Crippen molar-refractivity contribution in [3.63, 3.8) is 0 Å². The van der Waals surface area contributed by atoms with Gasteiger partial charge in [0, 0.05) is 13.1 Å². The van der Waals surface area contributed by atoms with Crippen LogP contribution in [0, 0.1) is 0 Å². The zero-order valence-electron chi connectivity index (χ0n) is 13.3. The molecule has 2 aromatic carbocycles. The molecule has 1 aliphatic heterocycles. The van der Waals surface area contributed by atoms with Gasteiger partial charge in [0.25, 0.3) is 0 Å². The molecule has 1 amide bonds. The summed E-state index contributed by atoms with van der Waals surface area (Å²) in [5.74, 6) is -0.444. The van der Waals surface area contributed by atoms with Crippen molar-refractivity contribution in [2.24, 2.45) is 0 Å². The van der Waals surface area contributed by atoms with Gasteiger partial charge in [-0.1, -0.05) is 30.3 Å². The van der Waals surface area contributed by atoms with Gasteiger partial charge in [-0.3, -0.25) is 4.90 Å². The predicted octanol–water partition coefficient (Wildman–Crippen LogP) is 3.04. The topological polar surface area (TPSA) is 67.9 Å². The van der Waals surface area contributed by atoms with Gasteiger partial charge in [-0.25, -0.2) is 9.59 Å². The molecule has 1 aliphatic rings. The highest BCUT2D eigenvalue weighted by Crippen LogP contribution is 2.31. The van der Waals surface area contributed by atoms with Crippen LogP contribution in [-0.2, 0) is 16.1 Å². The highest BCUT2D eigenvalue weighted by molar-refractivity contribution is 5.97. The zero-order valence-corrected chi connectivity index (χ0v) is 13.3. The molecule has 0 aliphatic carbocycles. The number of benzene rings is 2. The quantitative estimate of drug-likeness (QED) is 0.878. The Bertz CT molecular complexity index is 746.